The van der Waals surface area contributed by atoms with Gasteiger partial charge in [0.2, 0.25) is 0 Å². The molecule has 0 saturated carbocycles. The van der Waals surface area contributed by atoms with Gasteiger partial charge in [-0.05, 0) is 69.3 Å². The van der Waals surface area contributed by atoms with E-state index in [4.69, 9.17) is 9.47 Å². The monoisotopic (exact) mass is 456 g/mol. The fourth-order valence-electron chi connectivity index (χ4n) is 5.06. The molecule has 7 atom stereocenters. The fourth-order valence-corrected chi connectivity index (χ4v) is 5.06. The second kappa shape index (κ2) is 11.4. The molecule has 31 heavy (non-hydrogen) atoms. The Kier molecular flexibility index (Phi) is 10.1. The van der Waals surface area contributed by atoms with Crippen LogP contribution >= 0.6 is 0 Å². The van der Waals surface area contributed by atoms with E-state index < -0.39 is 11.5 Å². The maximum absolute atomic E-state index is 12.9. The van der Waals surface area contributed by atoms with E-state index in [-0.39, 0.29) is 87.9 Å². The number of hydrogen-bond donors (Lipinski definition) is 0. The Labute approximate surface area is 229 Å². The molecule has 0 bridgehead atoms. The van der Waals surface area contributed by atoms with Crippen LogP contribution in [0.2, 0.25) is 0 Å². The average molecular weight is 457 g/mol. The van der Waals surface area contributed by atoms with Gasteiger partial charge in [-0.2, -0.15) is 0 Å². The summed E-state index contributed by atoms with van der Waals surface area (Å²) in [6.07, 6.45) is 8.95. The number of rotatable bonds is 6. The van der Waals surface area contributed by atoms with E-state index in [9.17, 15) is 14.7 Å². The molecular formula is C25H37KO5. The maximum atomic E-state index is 12.9. The fraction of sp³-hybridized carbons (Fsp3) is 0.760. The first-order chi connectivity index (χ1) is 14.1. The normalized spacial score (nSPS) is 35.4. The summed E-state index contributed by atoms with van der Waals surface area (Å²) in [5.74, 6) is 0.645. The van der Waals surface area contributed by atoms with Crippen LogP contribution in [0, 0.1) is 29.1 Å². The van der Waals surface area contributed by atoms with Crippen LogP contribution in [0.5, 0.6) is 0 Å². The number of esters is 2. The summed E-state index contributed by atoms with van der Waals surface area (Å²) in [6, 6.07) is 0. The van der Waals surface area contributed by atoms with E-state index in [0.29, 0.717) is 30.6 Å². The largest absolute Gasteiger partial charge is 1.00 e. The topological polar surface area (TPSA) is 75.7 Å². The van der Waals surface area contributed by atoms with Crippen molar-refractivity contribution in [2.24, 2.45) is 29.1 Å². The van der Waals surface area contributed by atoms with E-state index in [1.165, 1.54) is 5.57 Å². The number of fused-ring (bicyclic) bond motifs is 1. The van der Waals surface area contributed by atoms with Gasteiger partial charge in [0.25, 0.3) is 0 Å². The number of carbonyl (C=O) groups is 2. The van der Waals surface area contributed by atoms with Gasteiger partial charge in [-0.1, -0.05) is 39.0 Å². The third-order valence-electron chi connectivity index (χ3n) is 7.33. The zero-order chi connectivity index (χ0) is 22.1. The van der Waals surface area contributed by atoms with Crippen LogP contribution in [-0.4, -0.2) is 30.3 Å². The minimum Gasteiger partial charge on any atom is -0.851 e. The van der Waals surface area contributed by atoms with Crippen LogP contribution in [0.1, 0.15) is 73.1 Å². The second-order valence-corrected chi connectivity index (χ2v) is 10.2. The van der Waals surface area contributed by atoms with Gasteiger partial charge in [-0.25, -0.2) is 0 Å². The molecule has 0 amide bonds. The van der Waals surface area contributed by atoms with Crippen molar-refractivity contribution in [2.45, 2.75) is 91.5 Å². The van der Waals surface area contributed by atoms with Gasteiger partial charge in [0.05, 0.1) is 5.41 Å². The van der Waals surface area contributed by atoms with Crippen molar-refractivity contribution in [2.75, 3.05) is 0 Å². The quantitative estimate of drug-likeness (QED) is 0.440. The summed E-state index contributed by atoms with van der Waals surface area (Å²) in [4.78, 5) is 24.5. The molecule has 168 valence electrons. The molecule has 2 aliphatic carbocycles. The number of hydrogen-bond acceptors (Lipinski definition) is 5. The van der Waals surface area contributed by atoms with Gasteiger partial charge in [-0.3, -0.25) is 9.59 Å². The Balaban J connectivity index is 0.00000341. The first-order valence-electron chi connectivity index (χ1n) is 11.6. The molecule has 0 spiro atoms. The molecule has 1 aliphatic heterocycles. The third kappa shape index (κ3) is 6.76. The van der Waals surface area contributed by atoms with E-state index in [1.807, 2.05) is 20.8 Å². The Morgan fingerprint density at radius 3 is 2.61 bits per heavy atom. The van der Waals surface area contributed by atoms with Crippen molar-refractivity contribution in [3.05, 3.63) is 23.8 Å². The van der Waals surface area contributed by atoms with Crippen molar-refractivity contribution < 1.29 is 75.6 Å². The molecule has 1 heterocycles. The molecule has 5 nitrogen and oxygen atoms in total. The number of allylic oxidation sites excluding steroid dienone is 3. The van der Waals surface area contributed by atoms with Crippen molar-refractivity contribution in [1.82, 2.24) is 0 Å². The van der Waals surface area contributed by atoms with Crippen LogP contribution in [0.4, 0.5) is 0 Å². The molecule has 0 unspecified atom stereocenters. The van der Waals surface area contributed by atoms with Crippen molar-refractivity contribution in [1.29, 1.82) is 0 Å². The molecule has 0 N–H and O–H groups in total. The van der Waals surface area contributed by atoms with Crippen molar-refractivity contribution in [3.8, 4) is 0 Å². The van der Waals surface area contributed by atoms with Gasteiger partial charge < -0.3 is 14.6 Å². The first-order valence-corrected chi connectivity index (χ1v) is 11.6. The maximum Gasteiger partial charge on any atom is 1.00 e. The average Bonchev–Trinajstić information content (AvgIpc) is 2.66. The predicted octanol–water partition coefficient (Wildman–Crippen LogP) is 0.958. The SMILES string of the molecule is CCC(C)(C)C(=O)O[C@H]1C[C@@H](C)C=C2C=C[C@H](C)[C@H](CC[C@@H]3C[C@@H]([O-])CC(=O)O3)[C@H]21.[K+]. The second-order valence-electron chi connectivity index (χ2n) is 10.2. The summed E-state index contributed by atoms with van der Waals surface area (Å²) >= 11 is 0. The van der Waals surface area contributed by atoms with Crippen LogP contribution < -0.4 is 56.5 Å². The molecule has 0 aromatic carbocycles. The van der Waals surface area contributed by atoms with Crippen LogP contribution in [0.15, 0.2) is 23.8 Å². The zero-order valence-corrected chi connectivity index (χ0v) is 23.2. The van der Waals surface area contributed by atoms with Gasteiger partial charge in [-0.15, -0.1) is 6.10 Å². The van der Waals surface area contributed by atoms with E-state index in [0.717, 1.165) is 19.3 Å². The van der Waals surface area contributed by atoms with Crippen LogP contribution in [0.25, 0.3) is 0 Å². The Morgan fingerprint density at radius 1 is 1.26 bits per heavy atom. The number of cyclic esters (lactones) is 1. The summed E-state index contributed by atoms with van der Waals surface area (Å²) in [5, 5.41) is 11.9. The van der Waals surface area contributed by atoms with Gasteiger partial charge >= 0.3 is 63.3 Å². The van der Waals surface area contributed by atoms with Gasteiger partial charge in [0.15, 0.2) is 0 Å². The molecule has 1 fully saturated rings. The number of ether oxygens (including phenoxy) is 2. The summed E-state index contributed by atoms with van der Waals surface area (Å²) in [7, 11) is 0. The number of carbonyl (C=O) groups excluding carboxylic acids is 2. The minimum absolute atomic E-state index is 0. The molecule has 0 aromatic heterocycles. The standard InChI is InChI=1S/C25H37O5.K/c1-6-25(4,5)24(28)30-21-12-15(2)11-17-8-7-16(3)20(23(17)21)10-9-19-13-18(26)14-22(27)29-19;/h7-8,11,15-16,18-21,23H,6,9-10,12-14H2,1-5H3;/q-1;+1/t15-,16-,18+,19+,20-,21-,23-;/m0./s1. The molecular weight excluding hydrogens is 419 g/mol. The smallest absolute Gasteiger partial charge is 0.851 e. The van der Waals surface area contributed by atoms with Crippen molar-refractivity contribution in [3.63, 3.8) is 0 Å². The van der Waals surface area contributed by atoms with E-state index in [2.05, 4.69) is 32.1 Å². The molecule has 0 aromatic rings. The Bertz CT molecular complexity index is 713. The van der Waals surface area contributed by atoms with Gasteiger partial charge in [0.1, 0.15) is 12.2 Å². The summed E-state index contributed by atoms with van der Waals surface area (Å²) < 4.78 is 11.6. The first kappa shape index (κ1) is 27.3. The zero-order valence-electron chi connectivity index (χ0n) is 20.1. The molecule has 3 rings (SSSR count). The molecule has 1 saturated heterocycles. The van der Waals surface area contributed by atoms with Crippen molar-refractivity contribution >= 4 is 11.9 Å². The predicted molar refractivity (Wildman–Crippen MR) is 113 cm³/mol. The van der Waals surface area contributed by atoms with E-state index in [1.54, 1.807) is 0 Å². The van der Waals surface area contributed by atoms with E-state index >= 15 is 0 Å². The Morgan fingerprint density at radius 2 is 1.97 bits per heavy atom. The van der Waals surface area contributed by atoms with Gasteiger partial charge in [0, 0.05) is 12.3 Å². The molecule has 0 radical (unpaired) electrons. The molecule has 6 heteroatoms. The van der Waals surface area contributed by atoms with Crippen LogP contribution in [0.3, 0.4) is 0 Å². The van der Waals surface area contributed by atoms with Crippen LogP contribution in [-0.2, 0) is 19.1 Å². The third-order valence-corrected chi connectivity index (χ3v) is 7.33. The summed E-state index contributed by atoms with van der Waals surface area (Å²) in [6.45, 7) is 10.3. The minimum atomic E-state index is -0.851. The molecule has 3 aliphatic rings. The summed E-state index contributed by atoms with van der Waals surface area (Å²) in [5.41, 5.74) is 0.765. The Hall–Kier alpha value is 0.0164.